The third-order valence-corrected chi connectivity index (χ3v) is 6.84. The minimum atomic E-state index is -0.244. The molecule has 9 heteroatoms. The van der Waals surface area contributed by atoms with Crippen LogP contribution in [0.5, 0.6) is 0 Å². The highest BCUT2D eigenvalue weighted by molar-refractivity contribution is 7.15. The third-order valence-electron chi connectivity index (χ3n) is 5.84. The minimum Gasteiger partial charge on any atom is -0.337 e. The first-order valence-electron chi connectivity index (χ1n) is 11.5. The van der Waals surface area contributed by atoms with Crippen LogP contribution in [0.4, 0.5) is 10.8 Å². The predicted octanol–water partition coefficient (Wildman–Crippen LogP) is 4.18. The van der Waals surface area contributed by atoms with Crippen LogP contribution in [0.1, 0.15) is 32.9 Å². The van der Waals surface area contributed by atoms with Crippen molar-refractivity contribution in [2.75, 3.05) is 17.2 Å². The van der Waals surface area contributed by atoms with Gasteiger partial charge in [-0.3, -0.25) is 19.8 Å². The van der Waals surface area contributed by atoms with Crippen LogP contribution in [-0.2, 0) is 30.8 Å². The molecule has 0 spiro atoms. The molecule has 0 unspecified atom stereocenters. The number of carbonyl (C=O) groups is 2. The van der Waals surface area contributed by atoms with E-state index in [9.17, 15) is 9.59 Å². The van der Waals surface area contributed by atoms with Gasteiger partial charge in [-0.2, -0.15) is 0 Å². The van der Waals surface area contributed by atoms with Crippen molar-refractivity contribution in [3.05, 3.63) is 95.0 Å². The lowest BCUT2D eigenvalue weighted by Gasteiger charge is -2.25. The first kappa shape index (κ1) is 22.9. The number of thiazole rings is 1. The molecule has 0 fully saturated rings. The van der Waals surface area contributed by atoms with E-state index in [-0.39, 0.29) is 11.8 Å². The van der Waals surface area contributed by atoms with E-state index < -0.39 is 0 Å². The fourth-order valence-electron chi connectivity index (χ4n) is 4.06. The second kappa shape index (κ2) is 10.6. The van der Waals surface area contributed by atoms with Crippen molar-refractivity contribution in [1.29, 1.82) is 0 Å². The van der Waals surface area contributed by atoms with Gasteiger partial charge in [0, 0.05) is 67.5 Å². The van der Waals surface area contributed by atoms with E-state index in [1.807, 2.05) is 16.8 Å². The number of rotatable bonds is 8. The number of aryl methyl sites for hydroxylation is 1. The molecule has 2 aromatic carbocycles. The number of aromatic nitrogens is 3. The molecule has 1 aliphatic rings. The number of amides is 2. The smallest absolute Gasteiger partial charge is 0.257 e. The van der Waals surface area contributed by atoms with Gasteiger partial charge in [0.1, 0.15) is 0 Å². The van der Waals surface area contributed by atoms with Gasteiger partial charge in [-0.15, -0.1) is 11.3 Å². The summed E-state index contributed by atoms with van der Waals surface area (Å²) in [6.45, 7) is 3.23. The summed E-state index contributed by atoms with van der Waals surface area (Å²) in [4.78, 5) is 37.4. The largest absolute Gasteiger partial charge is 0.337 e. The number of nitrogens with zero attached hydrogens (tertiary/aromatic N) is 4. The number of imidazole rings is 1. The second-order valence-corrected chi connectivity index (χ2v) is 9.55. The summed E-state index contributed by atoms with van der Waals surface area (Å²) < 4.78 is 1.85. The van der Waals surface area contributed by atoms with E-state index >= 15 is 0 Å². The van der Waals surface area contributed by atoms with Crippen molar-refractivity contribution in [3.63, 3.8) is 0 Å². The molecule has 2 N–H and O–H groups in total. The van der Waals surface area contributed by atoms with E-state index in [2.05, 4.69) is 49.8 Å². The maximum Gasteiger partial charge on any atom is 0.257 e. The summed E-state index contributed by atoms with van der Waals surface area (Å²) in [5.74, 6) is -0.365. The number of carbonyl (C=O) groups excluding carboxylic acids is 2. The second-order valence-electron chi connectivity index (χ2n) is 8.47. The monoisotopic (exact) mass is 486 g/mol. The Morgan fingerprint density at radius 2 is 1.94 bits per heavy atom. The Morgan fingerprint density at radius 1 is 1.06 bits per heavy atom. The SMILES string of the molecule is O=C(CCn1ccnc1)Nc1cccc(C(=O)Nc2nc3c(s2)CN(Cc2ccccc2)CC3)c1. The van der Waals surface area contributed by atoms with Gasteiger partial charge >= 0.3 is 0 Å². The molecule has 2 amide bonds. The fourth-order valence-corrected chi connectivity index (χ4v) is 5.10. The Bertz CT molecular complexity index is 1300. The molecule has 0 saturated heterocycles. The van der Waals surface area contributed by atoms with Gasteiger partial charge in [0.05, 0.1) is 12.0 Å². The lowest BCUT2D eigenvalue weighted by atomic mass is 10.1. The molecule has 8 nitrogen and oxygen atoms in total. The molecule has 0 atom stereocenters. The topological polar surface area (TPSA) is 92.1 Å². The molecule has 35 heavy (non-hydrogen) atoms. The quantitative estimate of drug-likeness (QED) is 0.390. The Hall–Kier alpha value is -3.82. The van der Waals surface area contributed by atoms with Crippen LogP contribution >= 0.6 is 11.3 Å². The Kier molecular flexibility index (Phi) is 6.97. The van der Waals surface area contributed by atoms with Crippen molar-refractivity contribution < 1.29 is 9.59 Å². The summed E-state index contributed by atoms with van der Waals surface area (Å²) >= 11 is 1.53. The molecule has 4 aromatic rings. The van der Waals surface area contributed by atoms with Crippen LogP contribution in [0.3, 0.4) is 0 Å². The highest BCUT2D eigenvalue weighted by Gasteiger charge is 2.22. The number of benzene rings is 2. The predicted molar refractivity (Wildman–Crippen MR) is 136 cm³/mol. The normalized spacial score (nSPS) is 13.3. The lowest BCUT2D eigenvalue weighted by molar-refractivity contribution is -0.116. The number of hydrogen-bond acceptors (Lipinski definition) is 6. The summed E-state index contributed by atoms with van der Waals surface area (Å²) in [5, 5.41) is 6.40. The lowest BCUT2D eigenvalue weighted by Crippen LogP contribution is -2.29. The Morgan fingerprint density at radius 3 is 2.77 bits per heavy atom. The zero-order valence-electron chi connectivity index (χ0n) is 19.2. The average Bonchev–Trinajstić information content (AvgIpc) is 3.53. The van der Waals surface area contributed by atoms with Gasteiger partial charge in [0.15, 0.2) is 5.13 Å². The number of nitrogens with one attached hydrogen (secondary N) is 2. The molecule has 0 radical (unpaired) electrons. The van der Waals surface area contributed by atoms with Gasteiger partial charge < -0.3 is 9.88 Å². The standard InChI is InChI=1S/C26H26N6O2S/c33-24(10-13-31-14-11-27-18-31)28-21-8-4-7-20(15-21)25(34)30-26-29-22-9-12-32(17-23(22)35-26)16-19-5-2-1-3-6-19/h1-8,11,14-15,18H,9-10,12-13,16-17H2,(H,28,33)(H,29,30,34). The van der Waals surface area contributed by atoms with Crippen LogP contribution in [-0.4, -0.2) is 37.8 Å². The van der Waals surface area contributed by atoms with Gasteiger partial charge in [-0.05, 0) is 23.8 Å². The summed E-state index contributed by atoms with van der Waals surface area (Å²) in [6.07, 6.45) is 6.36. The molecular weight excluding hydrogens is 460 g/mol. The highest BCUT2D eigenvalue weighted by Crippen LogP contribution is 2.29. The summed E-state index contributed by atoms with van der Waals surface area (Å²) in [6, 6.07) is 17.4. The van der Waals surface area contributed by atoms with Crippen LogP contribution < -0.4 is 10.6 Å². The van der Waals surface area contributed by atoms with Gasteiger partial charge in [0.25, 0.3) is 5.91 Å². The number of hydrogen-bond donors (Lipinski definition) is 2. The van der Waals surface area contributed by atoms with Gasteiger partial charge in [-0.1, -0.05) is 36.4 Å². The van der Waals surface area contributed by atoms with Crippen molar-refractivity contribution in [1.82, 2.24) is 19.4 Å². The van der Waals surface area contributed by atoms with Crippen molar-refractivity contribution in [2.24, 2.45) is 0 Å². The summed E-state index contributed by atoms with van der Waals surface area (Å²) in [5.41, 5.74) is 3.41. The van der Waals surface area contributed by atoms with Crippen molar-refractivity contribution in [2.45, 2.75) is 32.5 Å². The molecule has 0 saturated carbocycles. The first-order valence-corrected chi connectivity index (χ1v) is 12.4. The molecule has 0 bridgehead atoms. The molecule has 178 valence electrons. The van der Waals surface area contributed by atoms with E-state index in [0.29, 0.717) is 29.3 Å². The first-order chi connectivity index (χ1) is 17.1. The number of anilines is 2. The van der Waals surface area contributed by atoms with Crippen LogP contribution in [0, 0.1) is 0 Å². The number of fused-ring (bicyclic) bond motifs is 1. The Balaban J connectivity index is 1.17. The van der Waals surface area contributed by atoms with Gasteiger partial charge in [0.2, 0.25) is 5.91 Å². The average molecular weight is 487 g/mol. The molecule has 5 rings (SSSR count). The molecule has 1 aliphatic heterocycles. The highest BCUT2D eigenvalue weighted by atomic mass is 32.1. The third kappa shape index (κ3) is 6.00. The van der Waals surface area contributed by atoms with Crippen molar-refractivity contribution >= 4 is 34.0 Å². The fraction of sp³-hybridized carbons (Fsp3) is 0.231. The Labute approximate surface area is 207 Å². The van der Waals surface area contributed by atoms with Crippen molar-refractivity contribution in [3.8, 4) is 0 Å². The van der Waals surface area contributed by atoms with Crippen LogP contribution in [0.25, 0.3) is 0 Å². The minimum absolute atomic E-state index is 0.121. The van der Waals surface area contributed by atoms with E-state index in [1.54, 1.807) is 36.8 Å². The maximum absolute atomic E-state index is 12.9. The molecule has 0 aliphatic carbocycles. The molecular formula is C26H26N6O2S. The summed E-state index contributed by atoms with van der Waals surface area (Å²) in [7, 11) is 0. The van der Waals surface area contributed by atoms with E-state index in [0.717, 1.165) is 31.7 Å². The zero-order chi connectivity index (χ0) is 24.0. The molecule has 3 heterocycles. The van der Waals surface area contributed by atoms with E-state index in [4.69, 9.17) is 0 Å². The maximum atomic E-state index is 12.9. The molecule has 2 aromatic heterocycles. The zero-order valence-corrected chi connectivity index (χ0v) is 20.0. The van der Waals surface area contributed by atoms with Crippen LogP contribution in [0.15, 0.2) is 73.3 Å². The van der Waals surface area contributed by atoms with Crippen LogP contribution in [0.2, 0.25) is 0 Å². The van der Waals surface area contributed by atoms with Gasteiger partial charge in [-0.25, -0.2) is 9.97 Å². The van der Waals surface area contributed by atoms with E-state index in [1.165, 1.54) is 21.8 Å².